The van der Waals surface area contributed by atoms with E-state index in [1.54, 1.807) is 11.6 Å². The molecule has 1 rings (SSSR count). The summed E-state index contributed by atoms with van der Waals surface area (Å²) in [5.74, 6) is -1.29. The summed E-state index contributed by atoms with van der Waals surface area (Å²) >= 11 is 0. The lowest BCUT2D eigenvalue weighted by Gasteiger charge is -2.27. The van der Waals surface area contributed by atoms with Crippen LogP contribution in [0.25, 0.3) is 0 Å². The Morgan fingerprint density at radius 1 is 1.59 bits per heavy atom. The molecular formula is C11H17N3O3. The van der Waals surface area contributed by atoms with Crippen molar-refractivity contribution in [3.8, 4) is 0 Å². The molecule has 1 heterocycles. The van der Waals surface area contributed by atoms with E-state index in [2.05, 4.69) is 4.98 Å². The molecule has 94 valence electrons. The molecule has 1 amide bonds. The van der Waals surface area contributed by atoms with Gasteiger partial charge in [-0.1, -0.05) is 6.92 Å². The monoisotopic (exact) mass is 239 g/mol. The lowest BCUT2D eigenvalue weighted by molar-refractivity contribution is -0.150. The lowest BCUT2D eigenvalue weighted by Crippen LogP contribution is -2.39. The quantitative estimate of drug-likeness (QED) is 0.824. The molecule has 0 radical (unpaired) electrons. The van der Waals surface area contributed by atoms with Gasteiger partial charge in [0.15, 0.2) is 6.04 Å². The Morgan fingerprint density at radius 2 is 2.24 bits per heavy atom. The van der Waals surface area contributed by atoms with Gasteiger partial charge in [-0.25, -0.2) is 9.78 Å². The normalized spacial score (nSPS) is 12.2. The summed E-state index contributed by atoms with van der Waals surface area (Å²) in [6.45, 7) is 3.69. The van der Waals surface area contributed by atoms with E-state index >= 15 is 0 Å². The fourth-order valence-corrected chi connectivity index (χ4v) is 1.76. The van der Waals surface area contributed by atoms with Crippen LogP contribution in [0, 0.1) is 0 Å². The molecule has 1 atom stereocenters. The SMILES string of the molecule is CCCN(C(C)=O)C(C(=O)O)c1cncn1C. The van der Waals surface area contributed by atoms with Crippen molar-refractivity contribution in [2.24, 2.45) is 7.05 Å². The number of aromatic nitrogens is 2. The van der Waals surface area contributed by atoms with Gasteiger partial charge < -0.3 is 14.6 Å². The van der Waals surface area contributed by atoms with Gasteiger partial charge in [0, 0.05) is 20.5 Å². The molecule has 0 saturated carbocycles. The third-order valence-corrected chi connectivity index (χ3v) is 2.55. The van der Waals surface area contributed by atoms with Crippen molar-refractivity contribution in [3.63, 3.8) is 0 Å². The van der Waals surface area contributed by atoms with Gasteiger partial charge in [-0.3, -0.25) is 4.79 Å². The van der Waals surface area contributed by atoms with Crippen molar-refractivity contribution in [3.05, 3.63) is 18.2 Å². The number of carbonyl (C=O) groups is 2. The molecule has 0 spiro atoms. The van der Waals surface area contributed by atoms with Gasteiger partial charge in [0.25, 0.3) is 0 Å². The van der Waals surface area contributed by atoms with E-state index in [1.165, 1.54) is 24.3 Å². The van der Waals surface area contributed by atoms with E-state index in [9.17, 15) is 14.7 Å². The molecule has 6 nitrogen and oxygen atoms in total. The maximum atomic E-state index is 11.5. The number of rotatable bonds is 5. The van der Waals surface area contributed by atoms with Gasteiger partial charge in [0.1, 0.15) is 0 Å². The molecule has 1 unspecified atom stereocenters. The summed E-state index contributed by atoms with van der Waals surface area (Å²) in [5, 5.41) is 9.28. The number of carbonyl (C=O) groups excluding carboxylic acids is 1. The molecule has 0 fully saturated rings. The smallest absolute Gasteiger partial charge is 0.332 e. The highest BCUT2D eigenvalue weighted by atomic mass is 16.4. The highest BCUT2D eigenvalue weighted by Crippen LogP contribution is 2.20. The fraction of sp³-hybridized carbons (Fsp3) is 0.545. The largest absolute Gasteiger partial charge is 0.479 e. The predicted octanol–water partition coefficient (Wildman–Crippen LogP) is 0.804. The molecule has 6 heteroatoms. The average molecular weight is 239 g/mol. The summed E-state index contributed by atoms with van der Waals surface area (Å²) in [6, 6.07) is -0.972. The zero-order valence-electron chi connectivity index (χ0n) is 10.3. The number of aliphatic carboxylic acids is 1. The van der Waals surface area contributed by atoms with Gasteiger partial charge in [0.05, 0.1) is 18.2 Å². The van der Waals surface area contributed by atoms with E-state index in [4.69, 9.17) is 0 Å². The molecule has 0 aliphatic carbocycles. The summed E-state index contributed by atoms with van der Waals surface area (Å²) in [6.07, 6.45) is 3.71. The Bertz CT molecular complexity index is 414. The molecule has 17 heavy (non-hydrogen) atoms. The summed E-state index contributed by atoms with van der Waals surface area (Å²) in [4.78, 5) is 28.1. The number of amides is 1. The first-order valence-corrected chi connectivity index (χ1v) is 5.45. The van der Waals surface area contributed by atoms with Crippen molar-refractivity contribution in [1.29, 1.82) is 0 Å². The number of hydrogen-bond acceptors (Lipinski definition) is 3. The second kappa shape index (κ2) is 5.47. The van der Waals surface area contributed by atoms with E-state index in [1.807, 2.05) is 6.92 Å². The number of hydrogen-bond donors (Lipinski definition) is 1. The predicted molar refractivity (Wildman–Crippen MR) is 61.3 cm³/mol. The Labute approximate surface area is 99.9 Å². The molecule has 1 N–H and O–H groups in total. The van der Waals surface area contributed by atoms with Crippen LogP contribution in [0.15, 0.2) is 12.5 Å². The van der Waals surface area contributed by atoms with E-state index in [0.29, 0.717) is 18.7 Å². The van der Waals surface area contributed by atoms with Crippen LogP contribution in [0.3, 0.4) is 0 Å². The fourth-order valence-electron chi connectivity index (χ4n) is 1.76. The maximum Gasteiger partial charge on any atom is 0.332 e. The van der Waals surface area contributed by atoms with Crippen LogP contribution >= 0.6 is 0 Å². The minimum Gasteiger partial charge on any atom is -0.479 e. The zero-order chi connectivity index (χ0) is 13.0. The lowest BCUT2D eigenvalue weighted by atomic mass is 10.1. The zero-order valence-corrected chi connectivity index (χ0v) is 10.3. The molecule has 0 aliphatic heterocycles. The van der Waals surface area contributed by atoms with Crippen LogP contribution in [0.5, 0.6) is 0 Å². The van der Waals surface area contributed by atoms with Gasteiger partial charge in [0.2, 0.25) is 5.91 Å². The number of carboxylic acid groups (broad SMARTS) is 1. The topological polar surface area (TPSA) is 75.4 Å². The number of nitrogens with zero attached hydrogens (tertiary/aromatic N) is 3. The second-order valence-electron chi connectivity index (χ2n) is 3.88. The van der Waals surface area contributed by atoms with Gasteiger partial charge >= 0.3 is 5.97 Å². The van der Waals surface area contributed by atoms with Crippen LogP contribution in [0.4, 0.5) is 0 Å². The molecule has 0 aromatic carbocycles. The maximum absolute atomic E-state index is 11.5. The van der Waals surface area contributed by atoms with Crippen LogP contribution in [0.1, 0.15) is 32.0 Å². The first-order chi connectivity index (χ1) is 7.99. The highest BCUT2D eigenvalue weighted by Gasteiger charge is 2.30. The van der Waals surface area contributed by atoms with Crippen LogP contribution in [0.2, 0.25) is 0 Å². The number of carboxylic acids is 1. The van der Waals surface area contributed by atoms with Gasteiger partial charge in [-0.05, 0) is 6.42 Å². The third kappa shape index (κ3) is 2.83. The molecule has 1 aromatic heterocycles. The first kappa shape index (κ1) is 13.2. The van der Waals surface area contributed by atoms with Crippen molar-refractivity contribution in [1.82, 2.24) is 14.5 Å². The van der Waals surface area contributed by atoms with Gasteiger partial charge in [-0.2, -0.15) is 0 Å². The molecule has 0 saturated heterocycles. The first-order valence-electron chi connectivity index (χ1n) is 5.45. The van der Waals surface area contributed by atoms with E-state index < -0.39 is 12.0 Å². The Hall–Kier alpha value is -1.85. The minimum atomic E-state index is -1.04. The van der Waals surface area contributed by atoms with Crippen molar-refractivity contribution in [2.45, 2.75) is 26.3 Å². The standard InChI is InChI=1S/C11H17N3O3/c1-4-5-14(8(2)15)10(11(16)17)9-6-12-7-13(9)3/h6-7,10H,4-5H2,1-3H3,(H,16,17). The van der Waals surface area contributed by atoms with Crippen molar-refractivity contribution < 1.29 is 14.7 Å². The van der Waals surface area contributed by atoms with Crippen LogP contribution in [-0.4, -0.2) is 38.0 Å². The Balaban J connectivity index is 3.12. The molecule has 0 bridgehead atoms. The Morgan fingerprint density at radius 3 is 2.59 bits per heavy atom. The summed E-state index contributed by atoms with van der Waals surface area (Å²) in [7, 11) is 1.71. The van der Waals surface area contributed by atoms with Crippen LogP contribution < -0.4 is 0 Å². The van der Waals surface area contributed by atoms with Crippen molar-refractivity contribution in [2.75, 3.05) is 6.54 Å². The van der Waals surface area contributed by atoms with E-state index in [0.717, 1.165) is 0 Å². The van der Waals surface area contributed by atoms with Crippen molar-refractivity contribution >= 4 is 11.9 Å². The molecule has 1 aromatic rings. The second-order valence-corrected chi connectivity index (χ2v) is 3.88. The van der Waals surface area contributed by atoms with Crippen LogP contribution in [-0.2, 0) is 16.6 Å². The minimum absolute atomic E-state index is 0.250. The average Bonchev–Trinajstić information content (AvgIpc) is 2.63. The number of imidazole rings is 1. The third-order valence-electron chi connectivity index (χ3n) is 2.55. The summed E-state index contributed by atoms with van der Waals surface area (Å²) in [5.41, 5.74) is 0.501. The van der Waals surface area contributed by atoms with Gasteiger partial charge in [-0.15, -0.1) is 0 Å². The molecule has 0 aliphatic rings. The summed E-state index contributed by atoms with van der Waals surface area (Å²) < 4.78 is 1.62. The van der Waals surface area contributed by atoms with E-state index in [-0.39, 0.29) is 5.91 Å². The molecular weight excluding hydrogens is 222 g/mol. The number of aryl methyl sites for hydroxylation is 1. The highest BCUT2D eigenvalue weighted by molar-refractivity contribution is 5.83. The Kier molecular flexibility index (Phi) is 4.25.